The first kappa shape index (κ1) is 10.2. The van der Waals surface area contributed by atoms with Crippen molar-refractivity contribution in [3.63, 3.8) is 0 Å². The standard InChI is InChI=1S/C10H5ClINS/c11-4-6-1-9(12)8-3-7(5-13)14-10(8)2-6/h1-3H,4H2. The molecule has 2 rings (SSSR count). The van der Waals surface area contributed by atoms with Crippen LogP contribution in [0.4, 0.5) is 0 Å². The molecule has 0 saturated heterocycles. The van der Waals surface area contributed by atoms with Crippen LogP contribution in [0, 0.1) is 14.9 Å². The molecule has 1 heterocycles. The molecule has 0 aliphatic heterocycles. The summed E-state index contributed by atoms with van der Waals surface area (Å²) >= 11 is 9.57. The number of hydrogen-bond acceptors (Lipinski definition) is 2. The van der Waals surface area contributed by atoms with Gasteiger partial charge in [-0.1, -0.05) is 0 Å². The Balaban J connectivity index is 2.75. The third kappa shape index (κ3) is 1.74. The van der Waals surface area contributed by atoms with E-state index in [1.54, 1.807) is 0 Å². The van der Waals surface area contributed by atoms with Gasteiger partial charge in [-0.3, -0.25) is 0 Å². The minimum absolute atomic E-state index is 0.520. The first-order valence-electron chi connectivity index (χ1n) is 3.92. The van der Waals surface area contributed by atoms with E-state index in [-0.39, 0.29) is 0 Å². The Morgan fingerprint density at radius 2 is 2.21 bits per heavy atom. The molecule has 0 saturated carbocycles. The number of rotatable bonds is 1. The van der Waals surface area contributed by atoms with Crippen LogP contribution < -0.4 is 0 Å². The Hall–Kier alpha value is -0.310. The second-order valence-corrected chi connectivity index (χ2v) is 5.36. The van der Waals surface area contributed by atoms with E-state index in [1.165, 1.54) is 11.3 Å². The Morgan fingerprint density at radius 3 is 2.86 bits per heavy atom. The van der Waals surface area contributed by atoms with Crippen LogP contribution in [0.3, 0.4) is 0 Å². The zero-order chi connectivity index (χ0) is 10.1. The summed E-state index contributed by atoms with van der Waals surface area (Å²) in [6.45, 7) is 0. The van der Waals surface area contributed by atoms with Crippen LogP contribution in [0.2, 0.25) is 0 Å². The van der Waals surface area contributed by atoms with Gasteiger partial charge in [-0.15, -0.1) is 22.9 Å². The number of benzene rings is 1. The van der Waals surface area contributed by atoms with Gasteiger partial charge in [0.2, 0.25) is 0 Å². The van der Waals surface area contributed by atoms with Crippen molar-refractivity contribution in [2.24, 2.45) is 0 Å². The number of thiophene rings is 1. The Morgan fingerprint density at radius 1 is 1.43 bits per heavy atom. The minimum atomic E-state index is 0.520. The van der Waals surface area contributed by atoms with E-state index in [0.717, 1.165) is 24.1 Å². The molecule has 0 radical (unpaired) electrons. The van der Waals surface area contributed by atoms with Crippen molar-refractivity contribution >= 4 is 55.6 Å². The van der Waals surface area contributed by atoms with Gasteiger partial charge in [-0.05, 0) is 46.4 Å². The van der Waals surface area contributed by atoms with E-state index in [2.05, 4.69) is 40.8 Å². The highest BCUT2D eigenvalue weighted by Crippen LogP contribution is 2.30. The number of hydrogen-bond donors (Lipinski definition) is 0. The van der Waals surface area contributed by atoms with Crippen molar-refractivity contribution in [2.75, 3.05) is 0 Å². The predicted octanol–water partition coefficient (Wildman–Crippen LogP) is 4.12. The van der Waals surface area contributed by atoms with E-state index in [9.17, 15) is 0 Å². The lowest BCUT2D eigenvalue weighted by atomic mass is 10.2. The summed E-state index contributed by atoms with van der Waals surface area (Å²) in [5.74, 6) is 0.520. The summed E-state index contributed by atoms with van der Waals surface area (Å²) in [5, 5.41) is 9.94. The highest BCUT2D eigenvalue weighted by atomic mass is 127. The molecule has 0 N–H and O–H groups in total. The smallest absolute Gasteiger partial charge is 0.110 e. The molecule has 2 aromatic rings. The lowest BCUT2D eigenvalue weighted by Crippen LogP contribution is -1.79. The molecular formula is C10H5ClINS. The van der Waals surface area contributed by atoms with Crippen molar-refractivity contribution in [3.05, 3.63) is 32.2 Å². The Labute approximate surface area is 104 Å². The van der Waals surface area contributed by atoms with Crippen molar-refractivity contribution in [1.29, 1.82) is 5.26 Å². The fourth-order valence-electron chi connectivity index (χ4n) is 1.28. The molecule has 0 fully saturated rings. The van der Waals surface area contributed by atoms with Gasteiger partial charge in [0.1, 0.15) is 10.9 Å². The van der Waals surface area contributed by atoms with Crippen LogP contribution in [-0.4, -0.2) is 0 Å². The number of halogens is 2. The number of nitriles is 1. The van der Waals surface area contributed by atoms with Gasteiger partial charge in [0.05, 0.1) is 0 Å². The molecule has 1 aromatic heterocycles. The van der Waals surface area contributed by atoms with E-state index >= 15 is 0 Å². The first-order chi connectivity index (χ1) is 6.74. The summed E-state index contributed by atoms with van der Waals surface area (Å²) in [5.41, 5.74) is 1.11. The largest absolute Gasteiger partial charge is 0.192 e. The van der Waals surface area contributed by atoms with Gasteiger partial charge in [-0.2, -0.15) is 5.26 Å². The molecular weight excluding hydrogens is 329 g/mol. The normalized spacial score (nSPS) is 10.4. The molecule has 0 atom stereocenters. The maximum atomic E-state index is 8.79. The average molecular weight is 334 g/mol. The van der Waals surface area contributed by atoms with Gasteiger partial charge >= 0.3 is 0 Å². The summed E-state index contributed by atoms with van der Waals surface area (Å²) in [4.78, 5) is 0.754. The minimum Gasteiger partial charge on any atom is -0.192 e. The number of fused-ring (bicyclic) bond motifs is 1. The third-order valence-electron chi connectivity index (χ3n) is 1.91. The molecule has 4 heteroatoms. The lowest BCUT2D eigenvalue weighted by molar-refractivity contribution is 1.42. The molecule has 14 heavy (non-hydrogen) atoms. The second-order valence-electron chi connectivity index (χ2n) is 2.85. The summed E-state index contributed by atoms with van der Waals surface area (Å²) in [7, 11) is 0. The zero-order valence-corrected chi connectivity index (χ0v) is 10.8. The van der Waals surface area contributed by atoms with Crippen LogP contribution in [0.5, 0.6) is 0 Å². The molecule has 0 spiro atoms. The lowest BCUT2D eigenvalue weighted by Gasteiger charge is -1.98. The molecule has 70 valence electrons. The molecule has 0 aliphatic rings. The highest BCUT2D eigenvalue weighted by Gasteiger charge is 2.06. The Bertz CT molecular complexity index is 527. The van der Waals surface area contributed by atoms with Gasteiger partial charge < -0.3 is 0 Å². The molecule has 1 nitrogen and oxygen atoms in total. The van der Waals surface area contributed by atoms with Crippen molar-refractivity contribution in [1.82, 2.24) is 0 Å². The third-order valence-corrected chi connectivity index (χ3v) is 4.10. The molecule has 0 aliphatic carbocycles. The van der Waals surface area contributed by atoms with E-state index in [4.69, 9.17) is 16.9 Å². The Kier molecular flexibility index (Phi) is 2.96. The van der Waals surface area contributed by atoms with E-state index < -0.39 is 0 Å². The second kappa shape index (κ2) is 4.05. The van der Waals surface area contributed by atoms with Crippen LogP contribution in [0.1, 0.15) is 10.4 Å². The monoisotopic (exact) mass is 333 g/mol. The fourth-order valence-corrected chi connectivity index (χ4v) is 3.41. The maximum absolute atomic E-state index is 8.79. The quantitative estimate of drug-likeness (QED) is 0.569. The summed E-state index contributed by atoms with van der Waals surface area (Å²) < 4.78 is 2.30. The van der Waals surface area contributed by atoms with Gasteiger partial charge in [0, 0.05) is 19.5 Å². The molecule has 0 bridgehead atoms. The summed E-state index contributed by atoms with van der Waals surface area (Å²) in [6, 6.07) is 8.20. The van der Waals surface area contributed by atoms with Gasteiger partial charge in [0.15, 0.2) is 0 Å². The van der Waals surface area contributed by atoms with Crippen molar-refractivity contribution in [3.8, 4) is 6.07 Å². The zero-order valence-electron chi connectivity index (χ0n) is 7.05. The SMILES string of the molecule is N#Cc1cc2c(I)cc(CCl)cc2s1. The maximum Gasteiger partial charge on any atom is 0.110 e. The van der Waals surface area contributed by atoms with Gasteiger partial charge in [-0.25, -0.2) is 0 Å². The number of alkyl halides is 1. The van der Waals surface area contributed by atoms with Crippen molar-refractivity contribution < 1.29 is 0 Å². The van der Waals surface area contributed by atoms with Gasteiger partial charge in [0.25, 0.3) is 0 Å². The van der Waals surface area contributed by atoms with Crippen LogP contribution >= 0.6 is 45.5 Å². The number of nitrogens with zero attached hydrogens (tertiary/aromatic N) is 1. The van der Waals surface area contributed by atoms with Crippen LogP contribution in [0.15, 0.2) is 18.2 Å². The van der Waals surface area contributed by atoms with E-state index in [0.29, 0.717) is 5.88 Å². The molecule has 0 amide bonds. The van der Waals surface area contributed by atoms with Crippen molar-refractivity contribution in [2.45, 2.75) is 5.88 Å². The topological polar surface area (TPSA) is 23.8 Å². The van der Waals surface area contributed by atoms with Crippen LogP contribution in [-0.2, 0) is 5.88 Å². The van der Waals surface area contributed by atoms with Crippen LogP contribution in [0.25, 0.3) is 10.1 Å². The fraction of sp³-hybridized carbons (Fsp3) is 0.100. The molecule has 1 aromatic carbocycles. The summed E-state index contributed by atoms with van der Waals surface area (Å²) in [6.07, 6.45) is 0. The highest BCUT2D eigenvalue weighted by molar-refractivity contribution is 14.1. The average Bonchev–Trinajstić information content (AvgIpc) is 2.61. The van der Waals surface area contributed by atoms with E-state index in [1.807, 2.05) is 6.07 Å². The predicted molar refractivity (Wildman–Crippen MR) is 68.8 cm³/mol. The first-order valence-corrected chi connectivity index (χ1v) is 6.35. The molecule has 0 unspecified atom stereocenters.